The van der Waals surface area contributed by atoms with Crippen LogP contribution in [0.1, 0.15) is 25.5 Å². The van der Waals surface area contributed by atoms with Crippen LogP contribution in [0.5, 0.6) is 5.75 Å². The number of hydrogen-bond acceptors (Lipinski definition) is 11. The third-order valence-electron chi connectivity index (χ3n) is 6.32. The molecule has 12 nitrogen and oxygen atoms in total. The van der Waals surface area contributed by atoms with Crippen LogP contribution in [-0.4, -0.2) is 52.7 Å². The first-order valence-corrected chi connectivity index (χ1v) is 12.6. The SMILES string of the molecule is CCOC(=O)C1=C(O)C(=O)N2c3cc(Cl)ccc3OC(=O)C12C(C(=O)OCC)c1nc2cc(Cl)ccc2oc1=O. The first kappa shape index (κ1) is 27.2. The minimum atomic E-state index is -2.86. The number of aliphatic hydroxyl groups is 1. The third-order valence-corrected chi connectivity index (χ3v) is 6.79. The Morgan fingerprint density at radius 2 is 1.73 bits per heavy atom. The predicted molar refractivity (Wildman–Crippen MR) is 138 cm³/mol. The zero-order valence-electron chi connectivity index (χ0n) is 20.7. The van der Waals surface area contributed by atoms with Crippen LogP contribution in [0.3, 0.4) is 0 Å². The molecule has 0 radical (unpaired) electrons. The van der Waals surface area contributed by atoms with Crippen molar-refractivity contribution in [3.63, 3.8) is 0 Å². The maximum absolute atomic E-state index is 14.0. The highest BCUT2D eigenvalue weighted by molar-refractivity contribution is 6.32. The van der Waals surface area contributed by atoms with Crippen LogP contribution in [0.15, 0.2) is 56.9 Å². The lowest BCUT2D eigenvalue weighted by molar-refractivity contribution is -0.155. The van der Waals surface area contributed by atoms with Gasteiger partial charge < -0.3 is 23.7 Å². The number of esters is 3. The molecule has 3 heterocycles. The Bertz CT molecular complexity index is 1720. The van der Waals surface area contributed by atoms with Gasteiger partial charge in [0.15, 0.2) is 17.1 Å². The topological polar surface area (TPSA) is 163 Å². The zero-order chi connectivity index (χ0) is 28.9. The van der Waals surface area contributed by atoms with E-state index < -0.39 is 57.9 Å². The van der Waals surface area contributed by atoms with Crippen molar-refractivity contribution in [1.29, 1.82) is 0 Å². The van der Waals surface area contributed by atoms with Crippen LogP contribution < -0.4 is 15.3 Å². The van der Waals surface area contributed by atoms with E-state index in [1.807, 2.05) is 0 Å². The summed E-state index contributed by atoms with van der Waals surface area (Å²) in [6.45, 7) is 2.41. The van der Waals surface area contributed by atoms with Crippen molar-refractivity contribution >= 4 is 63.8 Å². The molecule has 14 heteroatoms. The molecule has 2 aliphatic heterocycles. The van der Waals surface area contributed by atoms with Crippen molar-refractivity contribution in [3.05, 3.63) is 73.9 Å². The minimum Gasteiger partial charge on any atom is -0.503 e. The van der Waals surface area contributed by atoms with Gasteiger partial charge in [-0.2, -0.15) is 0 Å². The van der Waals surface area contributed by atoms with E-state index in [2.05, 4.69) is 4.98 Å². The number of carbonyl (C=O) groups is 4. The van der Waals surface area contributed by atoms with Crippen LogP contribution in [0.2, 0.25) is 10.0 Å². The van der Waals surface area contributed by atoms with Gasteiger partial charge in [-0.3, -0.25) is 14.5 Å². The molecule has 0 spiro atoms. The molecule has 2 atom stereocenters. The normalized spacial score (nSPS) is 18.8. The lowest BCUT2D eigenvalue weighted by Crippen LogP contribution is -2.65. The highest BCUT2D eigenvalue weighted by Crippen LogP contribution is 2.53. The first-order chi connectivity index (χ1) is 19.1. The maximum Gasteiger partial charge on any atom is 0.359 e. The molecular formula is C26H18Cl2N2O10. The summed E-state index contributed by atoms with van der Waals surface area (Å²) in [6, 6.07) is 7.99. The fraction of sp³-hybridized carbons (Fsp3) is 0.231. The molecule has 0 saturated heterocycles. The number of benzene rings is 2. The van der Waals surface area contributed by atoms with E-state index in [1.165, 1.54) is 50.2 Å². The van der Waals surface area contributed by atoms with E-state index in [9.17, 15) is 29.1 Å². The van der Waals surface area contributed by atoms with Gasteiger partial charge in [0.1, 0.15) is 22.7 Å². The molecule has 206 valence electrons. The molecule has 40 heavy (non-hydrogen) atoms. The second kappa shape index (κ2) is 9.96. The molecule has 0 saturated carbocycles. The second-order valence-corrected chi connectivity index (χ2v) is 9.41. The number of rotatable bonds is 6. The largest absolute Gasteiger partial charge is 0.503 e. The smallest absolute Gasteiger partial charge is 0.359 e. The lowest BCUT2D eigenvalue weighted by atomic mass is 9.74. The van der Waals surface area contributed by atoms with Crippen molar-refractivity contribution in [1.82, 2.24) is 4.98 Å². The van der Waals surface area contributed by atoms with Crippen LogP contribution in [0.25, 0.3) is 11.1 Å². The molecule has 0 aliphatic carbocycles. The number of aromatic nitrogens is 1. The Hall–Kier alpha value is -4.42. The summed E-state index contributed by atoms with van der Waals surface area (Å²) < 4.78 is 21.1. The summed E-state index contributed by atoms with van der Waals surface area (Å²) in [4.78, 5) is 72.9. The Morgan fingerprint density at radius 3 is 2.42 bits per heavy atom. The summed E-state index contributed by atoms with van der Waals surface area (Å²) in [6.07, 6.45) is 0. The molecular weight excluding hydrogens is 571 g/mol. The second-order valence-electron chi connectivity index (χ2n) is 8.54. The van der Waals surface area contributed by atoms with Gasteiger partial charge in [0.05, 0.1) is 18.9 Å². The number of fused-ring (bicyclic) bond motifs is 4. The molecule has 5 rings (SSSR count). The van der Waals surface area contributed by atoms with Gasteiger partial charge in [-0.25, -0.2) is 19.4 Å². The summed E-state index contributed by atoms with van der Waals surface area (Å²) in [5, 5.41) is 11.3. The van der Waals surface area contributed by atoms with Gasteiger partial charge in [0.25, 0.3) is 5.91 Å². The van der Waals surface area contributed by atoms with Crippen molar-refractivity contribution in [2.45, 2.75) is 25.3 Å². The van der Waals surface area contributed by atoms with Crippen molar-refractivity contribution in [3.8, 4) is 5.75 Å². The molecule has 3 aromatic rings. The number of nitrogens with zero attached hydrogens (tertiary/aromatic N) is 2. The quantitative estimate of drug-likeness (QED) is 0.332. The number of aliphatic hydroxyl groups excluding tert-OH is 1. The van der Waals surface area contributed by atoms with Crippen LogP contribution >= 0.6 is 23.2 Å². The van der Waals surface area contributed by atoms with Crippen LogP contribution in [0, 0.1) is 0 Å². The Morgan fingerprint density at radius 1 is 1.05 bits per heavy atom. The van der Waals surface area contributed by atoms with Gasteiger partial charge >= 0.3 is 23.5 Å². The summed E-state index contributed by atoms with van der Waals surface area (Å²) in [7, 11) is 0. The van der Waals surface area contributed by atoms with Gasteiger partial charge in [-0.05, 0) is 50.2 Å². The standard InChI is InChI=1S/C26H18Cl2N2O10/c1-3-37-22(33)17(19-24(35)39-15-7-5-11(27)9-13(15)29-19)26-18(23(34)38-4-2)20(31)21(32)30(26)14-10-12(28)6-8-16(14)40-25(26)36/h5-10,17,31H,3-4H2,1-2H3. The van der Waals surface area contributed by atoms with Gasteiger partial charge in [0, 0.05) is 10.0 Å². The highest BCUT2D eigenvalue weighted by atomic mass is 35.5. The van der Waals surface area contributed by atoms with Gasteiger partial charge in [-0.15, -0.1) is 0 Å². The van der Waals surface area contributed by atoms with Crippen LogP contribution in [-0.2, 0) is 28.7 Å². The predicted octanol–water partition coefficient (Wildman–Crippen LogP) is 3.22. The summed E-state index contributed by atoms with van der Waals surface area (Å²) >= 11 is 12.2. The Balaban J connectivity index is 1.92. The molecule has 2 aromatic carbocycles. The summed E-state index contributed by atoms with van der Waals surface area (Å²) in [5.41, 5.74) is -5.94. The van der Waals surface area contributed by atoms with E-state index in [-0.39, 0.29) is 45.8 Å². The minimum absolute atomic E-state index is 0.00202. The number of amides is 1. The zero-order valence-corrected chi connectivity index (χ0v) is 22.2. The van der Waals surface area contributed by atoms with Gasteiger partial charge in [-0.1, -0.05) is 23.2 Å². The Kier molecular flexibility index (Phi) is 6.76. The molecule has 0 fully saturated rings. The molecule has 1 amide bonds. The van der Waals surface area contributed by atoms with E-state index in [0.717, 1.165) is 0 Å². The number of ether oxygens (including phenoxy) is 3. The molecule has 1 N–H and O–H groups in total. The average Bonchev–Trinajstić information content (AvgIpc) is 3.13. The lowest BCUT2D eigenvalue weighted by Gasteiger charge is -2.44. The maximum atomic E-state index is 14.0. The van der Waals surface area contributed by atoms with Crippen molar-refractivity contribution in [2.24, 2.45) is 0 Å². The third kappa shape index (κ3) is 3.90. The monoisotopic (exact) mass is 588 g/mol. The van der Waals surface area contributed by atoms with E-state index in [0.29, 0.717) is 4.90 Å². The molecule has 1 aromatic heterocycles. The molecule has 2 unspecified atom stereocenters. The van der Waals surface area contributed by atoms with E-state index >= 15 is 0 Å². The van der Waals surface area contributed by atoms with E-state index in [4.69, 9.17) is 41.8 Å². The molecule has 2 aliphatic rings. The molecule has 0 bridgehead atoms. The van der Waals surface area contributed by atoms with E-state index in [1.54, 1.807) is 0 Å². The van der Waals surface area contributed by atoms with Crippen molar-refractivity contribution < 1.29 is 42.9 Å². The van der Waals surface area contributed by atoms with Gasteiger partial charge in [0.2, 0.25) is 5.54 Å². The number of halogens is 2. The fourth-order valence-electron chi connectivity index (χ4n) is 4.81. The highest BCUT2D eigenvalue weighted by Gasteiger charge is 2.71. The number of anilines is 1. The number of carbonyl (C=O) groups excluding carboxylic acids is 4. The number of hydrogen-bond donors (Lipinski definition) is 1. The summed E-state index contributed by atoms with van der Waals surface area (Å²) in [5.74, 6) is -8.84. The van der Waals surface area contributed by atoms with Crippen molar-refractivity contribution in [2.75, 3.05) is 18.1 Å². The first-order valence-electron chi connectivity index (χ1n) is 11.8. The fourth-order valence-corrected chi connectivity index (χ4v) is 5.15. The average molecular weight is 589 g/mol. The Labute approximate surface area is 234 Å². The van der Waals surface area contributed by atoms with Crippen LogP contribution in [0.4, 0.5) is 5.69 Å².